The summed E-state index contributed by atoms with van der Waals surface area (Å²) in [4.78, 5) is 4.28. The van der Waals surface area contributed by atoms with E-state index in [1.54, 1.807) is 18.2 Å². The van der Waals surface area contributed by atoms with E-state index in [-0.39, 0.29) is 6.01 Å². The number of hydrogen-bond acceptors (Lipinski definition) is 5. The lowest BCUT2D eigenvalue weighted by Crippen LogP contribution is -1.96. The third-order valence-corrected chi connectivity index (χ3v) is 3.15. The van der Waals surface area contributed by atoms with Crippen LogP contribution in [-0.4, -0.2) is 15.2 Å². The second-order valence-corrected chi connectivity index (χ2v) is 4.73. The third-order valence-electron chi connectivity index (χ3n) is 2.50. The molecule has 0 aliphatic heterocycles. The number of benzene rings is 2. The molecule has 2 aromatic carbocycles. The van der Waals surface area contributed by atoms with Crippen LogP contribution >= 0.6 is 15.9 Å². The van der Waals surface area contributed by atoms with Gasteiger partial charge in [-0.2, -0.15) is 4.98 Å². The Kier molecular flexibility index (Phi) is 3.00. The number of hydrogen-bond donors (Lipinski definition) is 1. The quantitative estimate of drug-likeness (QED) is 0.735. The van der Waals surface area contributed by atoms with Crippen molar-refractivity contribution < 1.29 is 4.74 Å². The SMILES string of the molecule is Nc1ccc(Br)c(Oc2nnc3ccccc3n2)c1. The van der Waals surface area contributed by atoms with E-state index in [1.807, 2.05) is 24.3 Å². The molecule has 3 aromatic rings. The molecule has 6 heteroatoms. The number of nitrogen functional groups attached to an aromatic ring is 1. The molecule has 2 N–H and O–H groups in total. The normalized spacial score (nSPS) is 10.6. The number of nitrogens with zero attached hydrogens (tertiary/aromatic N) is 3. The van der Waals surface area contributed by atoms with Crippen molar-refractivity contribution in [3.8, 4) is 11.8 Å². The maximum atomic E-state index is 5.71. The molecule has 0 saturated carbocycles. The van der Waals surface area contributed by atoms with Gasteiger partial charge in [0.25, 0.3) is 0 Å². The fourth-order valence-electron chi connectivity index (χ4n) is 1.61. The van der Waals surface area contributed by atoms with E-state index in [9.17, 15) is 0 Å². The Morgan fingerprint density at radius 2 is 1.79 bits per heavy atom. The van der Waals surface area contributed by atoms with Gasteiger partial charge in [0.05, 0.1) is 9.99 Å². The third kappa shape index (κ3) is 2.48. The Morgan fingerprint density at radius 1 is 1.00 bits per heavy atom. The molecule has 0 fully saturated rings. The van der Waals surface area contributed by atoms with Crippen molar-refractivity contribution in [1.29, 1.82) is 0 Å². The Hall–Kier alpha value is -2.21. The van der Waals surface area contributed by atoms with E-state index in [0.717, 1.165) is 15.5 Å². The number of aromatic nitrogens is 3. The molecule has 0 radical (unpaired) electrons. The van der Waals surface area contributed by atoms with Gasteiger partial charge in [-0.25, -0.2) is 0 Å². The number of nitrogens with two attached hydrogens (primary N) is 1. The van der Waals surface area contributed by atoms with Crippen molar-refractivity contribution >= 4 is 32.7 Å². The molecule has 0 saturated heterocycles. The molecule has 0 bridgehead atoms. The van der Waals surface area contributed by atoms with Crippen LogP contribution < -0.4 is 10.5 Å². The Morgan fingerprint density at radius 3 is 2.63 bits per heavy atom. The first-order valence-electron chi connectivity index (χ1n) is 5.55. The van der Waals surface area contributed by atoms with Gasteiger partial charge in [-0.05, 0) is 40.2 Å². The van der Waals surface area contributed by atoms with E-state index in [0.29, 0.717) is 11.4 Å². The van der Waals surface area contributed by atoms with Gasteiger partial charge in [0.1, 0.15) is 11.3 Å². The summed E-state index contributed by atoms with van der Waals surface area (Å²) in [6.45, 7) is 0. The molecule has 1 heterocycles. The fraction of sp³-hybridized carbons (Fsp3) is 0. The minimum Gasteiger partial charge on any atom is -0.422 e. The molecule has 3 rings (SSSR count). The van der Waals surface area contributed by atoms with Gasteiger partial charge < -0.3 is 10.5 Å². The summed E-state index contributed by atoms with van der Waals surface area (Å²) in [5.74, 6) is 0.553. The van der Waals surface area contributed by atoms with Crippen LogP contribution in [0.2, 0.25) is 0 Å². The molecule has 0 amide bonds. The smallest absolute Gasteiger partial charge is 0.341 e. The predicted octanol–water partition coefficient (Wildman–Crippen LogP) is 3.16. The number of ether oxygens (including phenoxy) is 1. The van der Waals surface area contributed by atoms with E-state index in [1.165, 1.54) is 0 Å². The predicted molar refractivity (Wildman–Crippen MR) is 76.0 cm³/mol. The van der Waals surface area contributed by atoms with Crippen LogP contribution in [0.25, 0.3) is 11.0 Å². The van der Waals surface area contributed by atoms with Crippen molar-refractivity contribution in [2.45, 2.75) is 0 Å². The zero-order valence-corrected chi connectivity index (χ0v) is 11.3. The van der Waals surface area contributed by atoms with E-state index >= 15 is 0 Å². The van der Waals surface area contributed by atoms with Crippen LogP contribution in [0.3, 0.4) is 0 Å². The minimum absolute atomic E-state index is 0.185. The lowest BCUT2D eigenvalue weighted by Gasteiger charge is -2.06. The summed E-state index contributed by atoms with van der Waals surface area (Å²) < 4.78 is 6.36. The van der Waals surface area contributed by atoms with Gasteiger partial charge in [-0.15, -0.1) is 5.10 Å². The van der Waals surface area contributed by atoms with Crippen molar-refractivity contribution in [2.24, 2.45) is 0 Å². The second-order valence-electron chi connectivity index (χ2n) is 3.88. The van der Waals surface area contributed by atoms with Gasteiger partial charge in [-0.3, -0.25) is 0 Å². The van der Waals surface area contributed by atoms with Crippen LogP contribution in [0.4, 0.5) is 5.69 Å². The molecule has 0 aliphatic carbocycles. The Bertz CT molecular complexity index is 748. The second kappa shape index (κ2) is 4.81. The summed E-state index contributed by atoms with van der Waals surface area (Å²) >= 11 is 3.38. The zero-order chi connectivity index (χ0) is 13.2. The lowest BCUT2D eigenvalue weighted by atomic mass is 10.3. The molecule has 0 unspecified atom stereocenters. The number of halogens is 1. The fourth-order valence-corrected chi connectivity index (χ4v) is 1.93. The monoisotopic (exact) mass is 316 g/mol. The van der Waals surface area contributed by atoms with Crippen LogP contribution in [0.15, 0.2) is 46.9 Å². The van der Waals surface area contributed by atoms with Crippen molar-refractivity contribution in [3.05, 3.63) is 46.9 Å². The molecule has 0 aliphatic rings. The van der Waals surface area contributed by atoms with Gasteiger partial charge in [0.15, 0.2) is 0 Å². The average Bonchev–Trinajstić information content (AvgIpc) is 2.43. The highest BCUT2D eigenvalue weighted by atomic mass is 79.9. The first-order valence-corrected chi connectivity index (χ1v) is 6.34. The Balaban J connectivity index is 1.98. The van der Waals surface area contributed by atoms with Gasteiger partial charge in [0.2, 0.25) is 0 Å². The van der Waals surface area contributed by atoms with Crippen LogP contribution in [0.5, 0.6) is 11.8 Å². The van der Waals surface area contributed by atoms with E-state index < -0.39 is 0 Å². The summed E-state index contributed by atoms with van der Waals surface area (Å²) in [6, 6.07) is 12.9. The van der Waals surface area contributed by atoms with Crippen LogP contribution in [0, 0.1) is 0 Å². The van der Waals surface area contributed by atoms with Gasteiger partial charge in [-0.1, -0.05) is 17.2 Å². The van der Waals surface area contributed by atoms with Crippen molar-refractivity contribution in [2.75, 3.05) is 5.73 Å². The molecule has 5 nitrogen and oxygen atoms in total. The van der Waals surface area contributed by atoms with E-state index in [2.05, 4.69) is 31.1 Å². The van der Waals surface area contributed by atoms with Crippen molar-refractivity contribution in [1.82, 2.24) is 15.2 Å². The molecular formula is C13H9BrN4O. The highest BCUT2D eigenvalue weighted by molar-refractivity contribution is 9.10. The summed E-state index contributed by atoms with van der Waals surface area (Å²) in [5.41, 5.74) is 7.77. The first-order chi connectivity index (χ1) is 9.22. The molecule has 1 aromatic heterocycles. The lowest BCUT2D eigenvalue weighted by molar-refractivity contribution is 0.434. The van der Waals surface area contributed by atoms with E-state index in [4.69, 9.17) is 10.5 Å². The highest BCUT2D eigenvalue weighted by Gasteiger charge is 2.07. The van der Waals surface area contributed by atoms with Gasteiger partial charge in [0, 0.05) is 11.8 Å². The first kappa shape index (κ1) is 11.9. The highest BCUT2D eigenvalue weighted by Crippen LogP contribution is 2.30. The number of rotatable bonds is 2. The Labute approximate surface area is 117 Å². The van der Waals surface area contributed by atoms with Gasteiger partial charge >= 0.3 is 6.01 Å². The summed E-state index contributed by atoms with van der Waals surface area (Å²) in [6.07, 6.45) is 0. The molecule has 0 spiro atoms. The standard InChI is InChI=1S/C13H9BrN4O/c14-9-6-5-8(15)7-12(9)19-13-16-10-3-1-2-4-11(10)17-18-13/h1-7H,15H2. The van der Waals surface area contributed by atoms with Crippen LogP contribution in [0.1, 0.15) is 0 Å². The van der Waals surface area contributed by atoms with Crippen LogP contribution in [-0.2, 0) is 0 Å². The zero-order valence-electron chi connectivity index (χ0n) is 9.75. The maximum Gasteiger partial charge on any atom is 0.341 e. The van der Waals surface area contributed by atoms with Crippen molar-refractivity contribution in [3.63, 3.8) is 0 Å². The molecule has 19 heavy (non-hydrogen) atoms. The largest absolute Gasteiger partial charge is 0.422 e. The molecular weight excluding hydrogens is 308 g/mol. The summed E-state index contributed by atoms with van der Waals surface area (Å²) in [5, 5.41) is 7.97. The summed E-state index contributed by atoms with van der Waals surface area (Å²) in [7, 11) is 0. The molecule has 94 valence electrons. The number of fused-ring (bicyclic) bond motifs is 1. The minimum atomic E-state index is 0.185. The number of para-hydroxylation sites is 1. The topological polar surface area (TPSA) is 73.9 Å². The number of anilines is 1. The average molecular weight is 317 g/mol. The maximum absolute atomic E-state index is 5.71. The molecule has 0 atom stereocenters.